The van der Waals surface area contributed by atoms with Crippen molar-refractivity contribution in [3.8, 4) is 0 Å². The van der Waals surface area contributed by atoms with Gasteiger partial charge >= 0.3 is 0 Å². The van der Waals surface area contributed by atoms with Crippen LogP contribution in [0.15, 0.2) is 10.6 Å². The fraction of sp³-hybridized carbons (Fsp3) is 0.438. The van der Waals surface area contributed by atoms with Crippen molar-refractivity contribution in [3.05, 3.63) is 33.5 Å². The first-order chi connectivity index (χ1) is 10.8. The van der Waals surface area contributed by atoms with Gasteiger partial charge in [0.15, 0.2) is 0 Å². The summed E-state index contributed by atoms with van der Waals surface area (Å²) in [5.74, 6) is 0.215. The van der Waals surface area contributed by atoms with Crippen LogP contribution in [0, 0.1) is 26.7 Å². The lowest BCUT2D eigenvalue weighted by Crippen LogP contribution is -2.25. The standard InChI is InChI=1S/C16H21N3O3S/c1-8(2)14(20)18-16-13(10(4)11(5)23-16)15(21)17-7-12-6-9(3)22-19-12/h6,8H,7H2,1-5H3,(H,17,21)(H,18,20). The smallest absolute Gasteiger partial charge is 0.254 e. The molecule has 7 heteroatoms. The zero-order valence-electron chi connectivity index (χ0n) is 13.9. The number of hydrogen-bond donors (Lipinski definition) is 2. The second kappa shape index (κ2) is 6.95. The number of aromatic nitrogens is 1. The highest BCUT2D eigenvalue weighted by Gasteiger charge is 2.21. The molecule has 2 N–H and O–H groups in total. The zero-order chi connectivity index (χ0) is 17.1. The highest BCUT2D eigenvalue weighted by Crippen LogP contribution is 2.32. The molecule has 2 aromatic heterocycles. The Kier molecular flexibility index (Phi) is 5.20. The van der Waals surface area contributed by atoms with E-state index in [9.17, 15) is 9.59 Å². The van der Waals surface area contributed by atoms with Gasteiger partial charge in [-0.2, -0.15) is 0 Å². The SMILES string of the molecule is Cc1cc(CNC(=O)c2c(NC(=O)C(C)C)sc(C)c2C)no1. The van der Waals surface area contributed by atoms with Crippen LogP contribution in [0.3, 0.4) is 0 Å². The Morgan fingerprint density at radius 2 is 2.00 bits per heavy atom. The molecule has 0 aliphatic rings. The fourth-order valence-corrected chi connectivity index (χ4v) is 3.07. The highest BCUT2D eigenvalue weighted by molar-refractivity contribution is 7.16. The molecule has 0 aromatic carbocycles. The van der Waals surface area contributed by atoms with E-state index in [1.54, 1.807) is 13.0 Å². The molecular formula is C16H21N3O3S. The molecule has 0 bridgehead atoms. The summed E-state index contributed by atoms with van der Waals surface area (Å²) in [7, 11) is 0. The van der Waals surface area contributed by atoms with Crippen molar-refractivity contribution >= 4 is 28.2 Å². The second-order valence-corrected chi connectivity index (χ2v) is 6.97. The molecule has 0 saturated carbocycles. The van der Waals surface area contributed by atoms with Gasteiger partial charge in [-0.05, 0) is 26.3 Å². The van der Waals surface area contributed by atoms with Gasteiger partial charge in [0, 0.05) is 16.9 Å². The lowest BCUT2D eigenvalue weighted by Gasteiger charge is -2.09. The predicted molar refractivity (Wildman–Crippen MR) is 89.7 cm³/mol. The Bertz CT molecular complexity index is 731. The molecule has 0 fully saturated rings. The molecular weight excluding hydrogens is 314 g/mol. The molecule has 0 aliphatic heterocycles. The number of aryl methyl sites for hydroxylation is 2. The maximum absolute atomic E-state index is 12.5. The molecule has 0 saturated heterocycles. The van der Waals surface area contributed by atoms with Crippen LogP contribution in [0.25, 0.3) is 0 Å². The topological polar surface area (TPSA) is 84.2 Å². The van der Waals surface area contributed by atoms with Crippen LogP contribution in [0.2, 0.25) is 0 Å². The molecule has 2 aromatic rings. The van der Waals surface area contributed by atoms with Crippen molar-refractivity contribution < 1.29 is 14.1 Å². The van der Waals surface area contributed by atoms with Crippen molar-refractivity contribution in [1.29, 1.82) is 0 Å². The van der Waals surface area contributed by atoms with Crippen molar-refractivity contribution in [2.75, 3.05) is 5.32 Å². The number of hydrogen-bond acceptors (Lipinski definition) is 5. The van der Waals surface area contributed by atoms with Gasteiger partial charge < -0.3 is 15.2 Å². The van der Waals surface area contributed by atoms with E-state index in [1.807, 2.05) is 27.7 Å². The normalized spacial score (nSPS) is 10.9. The molecule has 2 heterocycles. The first-order valence-electron chi connectivity index (χ1n) is 7.40. The van der Waals surface area contributed by atoms with E-state index < -0.39 is 0 Å². The summed E-state index contributed by atoms with van der Waals surface area (Å²) in [5.41, 5.74) is 2.05. The van der Waals surface area contributed by atoms with Gasteiger partial charge in [-0.3, -0.25) is 9.59 Å². The molecule has 0 unspecified atom stereocenters. The van der Waals surface area contributed by atoms with Gasteiger partial charge in [-0.1, -0.05) is 19.0 Å². The Hall–Kier alpha value is -2.15. The van der Waals surface area contributed by atoms with Crippen LogP contribution in [0.5, 0.6) is 0 Å². The Labute approximate surface area is 139 Å². The highest BCUT2D eigenvalue weighted by atomic mass is 32.1. The van der Waals surface area contributed by atoms with E-state index in [2.05, 4.69) is 15.8 Å². The summed E-state index contributed by atoms with van der Waals surface area (Å²) in [5, 5.41) is 10.1. The van der Waals surface area contributed by atoms with Crippen LogP contribution in [0.4, 0.5) is 5.00 Å². The van der Waals surface area contributed by atoms with Crippen LogP contribution < -0.4 is 10.6 Å². The quantitative estimate of drug-likeness (QED) is 0.879. The third kappa shape index (κ3) is 3.98. The van der Waals surface area contributed by atoms with E-state index in [-0.39, 0.29) is 24.3 Å². The summed E-state index contributed by atoms with van der Waals surface area (Å²) in [6.45, 7) is 9.52. The van der Waals surface area contributed by atoms with Crippen molar-refractivity contribution in [1.82, 2.24) is 10.5 Å². The Balaban J connectivity index is 2.16. The number of carbonyl (C=O) groups is 2. The van der Waals surface area contributed by atoms with Crippen molar-refractivity contribution in [2.45, 2.75) is 41.2 Å². The van der Waals surface area contributed by atoms with Crippen LogP contribution in [-0.2, 0) is 11.3 Å². The van der Waals surface area contributed by atoms with Crippen molar-refractivity contribution in [3.63, 3.8) is 0 Å². The maximum atomic E-state index is 12.5. The van der Waals surface area contributed by atoms with Gasteiger partial charge in [-0.15, -0.1) is 11.3 Å². The summed E-state index contributed by atoms with van der Waals surface area (Å²) in [6, 6.07) is 1.77. The number of amides is 2. The molecule has 124 valence electrons. The minimum absolute atomic E-state index is 0.104. The summed E-state index contributed by atoms with van der Waals surface area (Å²) < 4.78 is 4.98. The molecule has 2 amide bonds. The van der Waals surface area contributed by atoms with Gasteiger partial charge in [0.05, 0.1) is 12.1 Å². The molecule has 0 radical (unpaired) electrons. The number of anilines is 1. The van der Waals surface area contributed by atoms with Crippen LogP contribution >= 0.6 is 11.3 Å². The van der Waals surface area contributed by atoms with Gasteiger partial charge in [-0.25, -0.2) is 0 Å². The number of carbonyl (C=O) groups excluding carboxylic acids is 2. The minimum Gasteiger partial charge on any atom is -0.361 e. The monoisotopic (exact) mass is 335 g/mol. The van der Waals surface area contributed by atoms with E-state index in [4.69, 9.17) is 4.52 Å². The molecule has 2 rings (SSSR count). The minimum atomic E-state index is -0.230. The molecule has 6 nitrogen and oxygen atoms in total. The summed E-state index contributed by atoms with van der Waals surface area (Å²) in [4.78, 5) is 25.5. The van der Waals surface area contributed by atoms with Gasteiger partial charge in [0.25, 0.3) is 5.91 Å². The fourth-order valence-electron chi connectivity index (χ4n) is 2.01. The van der Waals surface area contributed by atoms with E-state index in [0.29, 0.717) is 22.0 Å². The number of nitrogens with one attached hydrogen (secondary N) is 2. The molecule has 0 aliphatic carbocycles. The summed E-state index contributed by atoms with van der Waals surface area (Å²) >= 11 is 1.41. The van der Waals surface area contributed by atoms with Crippen LogP contribution in [0.1, 0.15) is 46.1 Å². The lowest BCUT2D eigenvalue weighted by molar-refractivity contribution is -0.118. The third-order valence-electron chi connectivity index (χ3n) is 3.48. The maximum Gasteiger partial charge on any atom is 0.254 e. The Morgan fingerprint density at radius 1 is 1.30 bits per heavy atom. The molecule has 0 atom stereocenters. The lowest BCUT2D eigenvalue weighted by atomic mass is 10.1. The summed E-state index contributed by atoms with van der Waals surface area (Å²) in [6.07, 6.45) is 0. The van der Waals surface area contributed by atoms with Crippen molar-refractivity contribution in [2.24, 2.45) is 5.92 Å². The molecule has 0 spiro atoms. The van der Waals surface area contributed by atoms with E-state index in [0.717, 1.165) is 10.4 Å². The first kappa shape index (κ1) is 17.2. The Morgan fingerprint density at radius 3 is 2.57 bits per heavy atom. The second-order valence-electron chi connectivity index (χ2n) is 5.74. The van der Waals surface area contributed by atoms with E-state index in [1.165, 1.54) is 11.3 Å². The van der Waals surface area contributed by atoms with Gasteiger partial charge in [0.1, 0.15) is 16.5 Å². The third-order valence-corrected chi connectivity index (χ3v) is 4.60. The number of rotatable bonds is 5. The zero-order valence-corrected chi connectivity index (χ0v) is 14.8. The van der Waals surface area contributed by atoms with Crippen LogP contribution in [-0.4, -0.2) is 17.0 Å². The first-order valence-corrected chi connectivity index (χ1v) is 8.22. The van der Waals surface area contributed by atoms with E-state index >= 15 is 0 Å². The predicted octanol–water partition coefficient (Wildman–Crippen LogP) is 3.19. The number of thiophene rings is 1. The molecule has 23 heavy (non-hydrogen) atoms. The number of nitrogens with zero attached hydrogens (tertiary/aromatic N) is 1. The average Bonchev–Trinajstić information content (AvgIpc) is 3.01. The van der Waals surface area contributed by atoms with Gasteiger partial charge in [0.2, 0.25) is 5.91 Å². The largest absolute Gasteiger partial charge is 0.361 e. The average molecular weight is 335 g/mol.